The van der Waals surface area contributed by atoms with Gasteiger partial charge in [-0.1, -0.05) is 30.3 Å². The molecule has 0 aliphatic carbocycles. The standard InChI is InChI=1S/C23H17N3O4/c27-16-9-10-19-14(11-16)12-20(30-19)23(29)24-15-7-5-13(6-8-15)21-17-3-1-2-4-18(17)22(28)26-25-21/h1-11,20,27H,12H2,(H,24,29)(H,26,28). The number of fused-ring (bicyclic) bond motifs is 2. The number of hydrogen-bond donors (Lipinski definition) is 3. The fourth-order valence-electron chi connectivity index (χ4n) is 3.65. The molecule has 0 saturated heterocycles. The van der Waals surface area contributed by atoms with Gasteiger partial charge in [0.2, 0.25) is 0 Å². The van der Waals surface area contributed by atoms with E-state index in [0.717, 1.165) is 16.5 Å². The molecule has 148 valence electrons. The Balaban J connectivity index is 1.35. The Bertz CT molecular complexity index is 1330. The van der Waals surface area contributed by atoms with E-state index in [9.17, 15) is 14.7 Å². The number of aromatic hydroxyl groups is 1. The van der Waals surface area contributed by atoms with E-state index in [0.29, 0.717) is 28.9 Å². The fraction of sp³-hybridized carbons (Fsp3) is 0.0870. The summed E-state index contributed by atoms with van der Waals surface area (Å²) in [6.07, 6.45) is -0.243. The number of phenolic OH excluding ortho intramolecular Hbond substituents is 1. The molecule has 1 aliphatic heterocycles. The van der Waals surface area contributed by atoms with Crippen molar-refractivity contribution in [3.63, 3.8) is 0 Å². The van der Waals surface area contributed by atoms with Crippen LogP contribution in [0.2, 0.25) is 0 Å². The monoisotopic (exact) mass is 399 g/mol. The van der Waals surface area contributed by atoms with Crippen molar-refractivity contribution in [2.75, 3.05) is 5.32 Å². The second kappa shape index (κ2) is 7.04. The van der Waals surface area contributed by atoms with Gasteiger partial charge >= 0.3 is 0 Å². The van der Waals surface area contributed by atoms with E-state index in [-0.39, 0.29) is 17.2 Å². The topological polar surface area (TPSA) is 104 Å². The van der Waals surface area contributed by atoms with Crippen LogP contribution >= 0.6 is 0 Å². The third-order valence-corrected chi connectivity index (χ3v) is 5.13. The van der Waals surface area contributed by atoms with E-state index in [1.54, 1.807) is 30.3 Å². The number of aromatic amines is 1. The fourth-order valence-corrected chi connectivity index (χ4v) is 3.65. The minimum Gasteiger partial charge on any atom is -0.508 e. The van der Waals surface area contributed by atoms with Gasteiger partial charge in [0.25, 0.3) is 11.5 Å². The number of carbonyl (C=O) groups is 1. The van der Waals surface area contributed by atoms with E-state index in [2.05, 4.69) is 15.5 Å². The van der Waals surface area contributed by atoms with Crippen molar-refractivity contribution in [3.8, 4) is 22.8 Å². The van der Waals surface area contributed by atoms with Gasteiger partial charge in [0.15, 0.2) is 6.10 Å². The zero-order chi connectivity index (χ0) is 20.7. The first-order valence-electron chi connectivity index (χ1n) is 9.46. The molecule has 1 aromatic heterocycles. The van der Waals surface area contributed by atoms with Gasteiger partial charge in [-0.15, -0.1) is 0 Å². The number of rotatable bonds is 3. The molecule has 5 rings (SSSR count). The minimum absolute atomic E-state index is 0.150. The lowest BCUT2D eigenvalue weighted by molar-refractivity contribution is -0.122. The zero-order valence-electron chi connectivity index (χ0n) is 15.8. The Labute approximate surface area is 171 Å². The summed E-state index contributed by atoms with van der Waals surface area (Å²) in [5.74, 6) is 0.503. The first-order chi connectivity index (χ1) is 14.6. The van der Waals surface area contributed by atoms with Crippen LogP contribution in [0, 0.1) is 0 Å². The van der Waals surface area contributed by atoms with Crippen LogP contribution in [-0.4, -0.2) is 27.3 Å². The molecular weight excluding hydrogens is 382 g/mol. The lowest BCUT2D eigenvalue weighted by Crippen LogP contribution is -2.31. The molecule has 3 N–H and O–H groups in total. The van der Waals surface area contributed by atoms with Gasteiger partial charge in [-0.3, -0.25) is 9.59 Å². The molecule has 7 heteroatoms. The van der Waals surface area contributed by atoms with Crippen LogP contribution in [-0.2, 0) is 11.2 Å². The lowest BCUT2D eigenvalue weighted by Gasteiger charge is -2.12. The summed E-state index contributed by atoms with van der Waals surface area (Å²) < 4.78 is 5.68. The number of phenols is 1. The van der Waals surface area contributed by atoms with Gasteiger partial charge in [-0.05, 0) is 36.4 Å². The van der Waals surface area contributed by atoms with Crippen molar-refractivity contribution >= 4 is 22.4 Å². The molecular formula is C23H17N3O4. The average molecular weight is 399 g/mol. The van der Waals surface area contributed by atoms with Gasteiger partial charge < -0.3 is 15.2 Å². The minimum atomic E-state index is -0.647. The number of carbonyl (C=O) groups excluding carboxylic acids is 1. The Hall–Kier alpha value is -4.13. The van der Waals surface area contributed by atoms with Crippen LogP contribution < -0.4 is 15.6 Å². The molecule has 1 unspecified atom stereocenters. The smallest absolute Gasteiger partial charge is 0.272 e. The highest BCUT2D eigenvalue weighted by molar-refractivity contribution is 5.96. The quantitative estimate of drug-likeness (QED) is 0.491. The van der Waals surface area contributed by atoms with Crippen molar-refractivity contribution in [1.29, 1.82) is 0 Å². The molecule has 1 aliphatic rings. The SMILES string of the molecule is O=C(Nc1ccc(-c2n[nH]c(=O)c3ccccc23)cc1)C1Cc2cc(O)ccc2O1. The van der Waals surface area contributed by atoms with Gasteiger partial charge in [0.05, 0.1) is 11.1 Å². The van der Waals surface area contributed by atoms with Crippen molar-refractivity contribution < 1.29 is 14.6 Å². The summed E-state index contributed by atoms with van der Waals surface area (Å²) in [6.45, 7) is 0. The van der Waals surface area contributed by atoms with Crippen LogP contribution in [0.15, 0.2) is 71.5 Å². The van der Waals surface area contributed by atoms with Crippen LogP contribution in [0.5, 0.6) is 11.5 Å². The molecule has 3 aromatic carbocycles. The van der Waals surface area contributed by atoms with Crippen LogP contribution in [0.3, 0.4) is 0 Å². The number of nitrogens with zero attached hydrogens (tertiary/aromatic N) is 1. The van der Waals surface area contributed by atoms with Crippen LogP contribution in [0.25, 0.3) is 22.0 Å². The number of anilines is 1. The largest absolute Gasteiger partial charge is 0.508 e. The Morgan fingerprint density at radius 3 is 2.63 bits per heavy atom. The van der Waals surface area contributed by atoms with E-state index < -0.39 is 6.10 Å². The molecule has 0 bridgehead atoms. The van der Waals surface area contributed by atoms with Crippen LogP contribution in [0.4, 0.5) is 5.69 Å². The predicted octanol–water partition coefficient (Wildman–Crippen LogP) is 3.24. The number of aromatic nitrogens is 2. The summed E-state index contributed by atoms with van der Waals surface area (Å²) in [5.41, 5.74) is 2.68. The maximum Gasteiger partial charge on any atom is 0.272 e. The number of H-pyrrole nitrogens is 1. The third-order valence-electron chi connectivity index (χ3n) is 5.13. The molecule has 0 spiro atoms. The summed E-state index contributed by atoms with van der Waals surface area (Å²) in [4.78, 5) is 24.6. The number of amides is 1. The highest BCUT2D eigenvalue weighted by Crippen LogP contribution is 2.32. The molecule has 7 nitrogen and oxygen atoms in total. The molecule has 0 radical (unpaired) electrons. The first kappa shape index (κ1) is 17.9. The molecule has 1 amide bonds. The Morgan fingerprint density at radius 2 is 1.83 bits per heavy atom. The van der Waals surface area contributed by atoms with Gasteiger partial charge in [0, 0.05) is 28.6 Å². The maximum absolute atomic E-state index is 12.6. The van der Waals surface area contributed by atoms with Gasteiger partial charge in [-0.25, -0.2) is 5.10 Å². The Kier molecular flexibility index (Phi) is 4.21. The van der Waals surface area contributed by atoms with Crippen molar-refractivity contribution in [3.05, 3.63) is 82.6 Å². The molecule has 30 heavy (non-hydrogen) atoms. The van der Waals surface area contributed by atoms with E-state index in [1.807, 2.05) is 30.3 Å². The molecule has 2 heterocycles. The molecule has 4 aromatic rings. The van der Waals surface area contributed by atoms with Gasteiger partial charge in [0.1, 0.15) is 11.5 Å². The normalized spacial score (nSPS) is 14.9. The van der Waals surface area contributed by atoms with Crippen molar-refractivity contribution in [1.82, 2.24) is 10.2 Å². The summed E-state index contributed by atoms with van der Waals surface area (Å²) in [7, 11) is 0. The zero-order valence-corrected chi connectivity index (χ0v) is 15.8. The van der Waals surface area contributed by atoms with E-state index in [1.165, 1.54) is 6.07 Å². The van der Waals surface area contributed by atoms with E-state index >= 15 is 0 Å². The summed E-state index contributed by atoms with van der Waals surface area (Å²) in [5, 5.41) is 20.5. The number of ether oxygens (including phenoxy) is 1. The Morgan fingerprint density at radius 1 is 1.07 bits per heavy atom. The van der Waals surface area contributed by atoms with Gasteiger partial charge in [-0.2, -0.15) is 5.10 Å². The van der Waals surface area contributed by atoms with Crippen molar-refractivity contribution in [2.24, 2.45) is 0 Å². The van der Waals surface area contributed by atoms with Crippen LogP contribution in [0.1, 0.15) is 5.56 Å². The van der Waals surface area contributed by atoms with Crippen molar-refractivity contribution in [2.45, 2.75) is 12.5 Å². The highest BCUT2D eigenvalue weighted by Gasteiger charge is 2.29. The number of benzene rings is 3. The second-order valence-corrected chi connectivity index (χ2v) is 7.12. The first-order valence-corrected chi connectivity index (χ1v) is 9.46. The number of hydrogen-bond acceptors (Lipinski definition) is 5. The third kappa shape index (κ3) is 3.16. The molecule has 0 fully saturated rings. The predicted molar refractivity (Wildman–Crippen MR) is 113 cm³/mol. The lowest BCUT2D eigenvalue weighted by atomic mass is 10.0. The molecule has 0 saturated carbocycles. The summed E-state index contributed by atoms with van der Waals surface area (Å²) >= 11 is 0. The highest BCUT2D eigenvalue weighted by atomic mass is 16.5. The second-order valence-electron chi connectivity index (χ2n) is 7.12. The maximum atomic E-state index is 12.6. The average Bonchev–Trinajstić information content (AvgIpc) is 3.18. The van der Waals surface area contributed by atoms with E-state index in [4.69, 9.17) is 4.74 Å². The number of nitrogens with one attached hydrogen (secondary N) is 2. The molecule has 1 atom stereocenters. The summed E-state index contributed by atoms with van der Waals surface area (Å²) in [6, 6.07) is 19.3.